The fourth-order valence-electron chi connectivity index (χ4n) is 2.82. The molecule has 0 atom stereocenters. The molecule has 1 aliphatic heterocycles. The van der Waals surface area contributed by atoms with Crippen LogP contribution in [-0.2, 0) is 11.3 Å². The van der Waals surface area contributed by atoms with E-state index in [1.807, 2.05) is 10.3 Å². The quantitative estimate of drug-likeness (QED) is 0.760. The maximum Gasteiger partial charge on any atom is 0.373 e. The summed E-state index contributed by atoms with van der Waals surface area (Å²) in [7, 11) is 1.32. The Balaban J connectivity index is 1.58. The Labute approximate surface area is 154 Å². The molecule has 8 heteroatoms. The number of carbonyl (C=O) groups is 2. The van der Waals surface area contributed by atoms with Crippen LogP contribution in [0.5, 0.6) is 0 Å². The SMILES string of the molecule is COC(=O)c1ccc(CN2CCCN(C(=O)c3sccc3Cl)CC2)o1. The van der Waals surface area contributed by atoms with Crippen LogP contribution in [0.25, 0.3) is 0 Å². The van der Waals surface area contributed by atoms with Gasteiger partial charge in [-0.2, -0.15) is 0 Å². The average molecular weight is 383 g/mol. The van der Waals surface area contributed by atoms with Crippen molar-refractivity contribution in [2.75, 3.05) is 33.3 Å². The number of hydrogen-bond acceptors (Lipinski definition) is 6. The molecule has 3 rings (SSSR count). The standard InChI is InChI=1S/C17H19ClN2O4S/c1-23-17(22)14-4-3-12(24-14)11-19-6-2-7-20(9-8-19)16(21)15-13(18)5-10-25-15/h3-5,10H,2,6-9,11H2,1H3. The molecular formula is C17H19ClN2O4S. The highest BCUT2D eigenvalue weighted by Crippen LogP contribution is 2.24. The smallest absolute Gasteiger partial charge is 0.373 e. The summed E-state index contributed by atoms with van der Waals surface area (Å²) in [6, 6.07) is 5.15. The third-order valence-corrected chi connectivity index (χ3v) is 5.44. The molecule has 25 heavy (non-hydrogen) atoms. The Bertz CT molecular complexity index is 757. The number of halogens is 1. The van der Waals surface area contributed by atoms with Gasteiger partial charge in [0.05, 0.1) is 18.7 Å². The van der Waals surface area contributed by atoms with Gasteiger partial charge in [-0.1, -0.05) is 11.6 Å². The molecule has 0 aliphatic carbocycles. The fourth-order valence-corrected chi connectivity index (χ4v) is 3.92. The summed E-state index contributed by atoms with van der Waals surface area (Å²) in [4.78, 5) is 28.7. The number of carbonyl (C=O) groups excluding carboxylic acids is 2. The lowest BCUT2D eigenvalue weighted by Crippen LogP contribution is -2.34. The molecule has 6 nitrogen and oxygen atoms in total. The second-order valence-corrected chi connectivity index (χ2v) is 7.10. The Morgan fingerprint density at radius 1 is 1.24 bits per heavy atom. The summed E-state index contributed by atoms with van der Waals surface area (Å²) in [6.07, 6.45) is 0.874. The molecule has 0 unspecified atom stereocenters. The van der Waals surface area contributed by atoms with Crippen molar-refractivity contribution in [1.29, 1.82) is 0 Å². The number of hydrogen-bond donors (Lipinski definition) is 0. The topological polar surface area (TPSA) is 63.0 Å². The number of nitrogens with zero attached hydrogens (tertiary/aromatic N) is 2. The van der Waals surface area contributed by atoms with Crippen LogP contribution in [0.1, 0.15) is 32.4 Å². The second-order valence-electron chi connectivity index (χ2n) is 5.78. The van der Waals surface area contributed by atoms with Gasteiger partial charge in [-0.05, 0) is 30.0 Å². The minimum Gasteiger partial charge on any atom is -0.463 e. The molecular weight excluding hydrogens is 364 g/mol. The van der Waals surface area contributed by atoms with Crippen LogP contribution in [-0.4, -0.2) is 55.0 Å². The fraction of sp³-hybridized carbons (Fsp3) is 0.412. The van der Waals surface area contributed by atoms with Crippen LogP contribution in [0.4, 0.5) is 0 Å². The zero-order valence-electron chi connectivity index (χ0n) is 13.9. The molecule has 0 spiro atoms. The first-order valence-corrected chi connectivity index (χ1v) is 9.26. The number of thiophene rings is 1. The van der Waals surface area contributed by atoms with E-state index in [0.29, 0.717) is 35.3 Å². The van der Waals surface area contributed by atoms with Crippen LogP contribution in [0.3, 0.4) is 0 Å². The van der Waals surface area contributed by atoms with Crippen molar-refractivity contribution in [2.24, 2.45) is 0 Å². The van der Waals surface area contributed by atoms with E-state index in [1.165, 1.54) is 18.4 Å². The van der Waals surface area contributed by atoms with Crippen LogP contribution in [0.15, 0.2) is 28.0 Å². The number of esters is 1. The Hall–Kier alpha value is -1.83. The van der Waals surface area contributed by atoms with Crippen molar-refractivity contribution in [2.45, 2.75) is 13.0 Å². The number of amides is 1. The van der Waals surface area contributed by atoms with Crippen molar-refractivity contribution in [3.8, 4) is 0 Å². The first-order chi connectivity index (χ1) is 12.1. The van der Waals surface area contributed by atoms with E-state index in [0.717, 1.165) is 19.5 Å². The highest BCUT2D eigenvalue weighted by molar-refractivity contribution is 7.12. The summed E-state index contributed by atoms with van der Waals surface area (Å²) in [5.74, 6) is 0.428. The van der Waals surface area contributed by atoms with Gasteiger partial charge in [0.15, 0.2) is 0 Å². The van der Waals surface area contributed by atoms with Gasteiger partial charge < -0.3 is 14.1 Å². The van der Waals surface area contributed by atoms with Gasteiger partial charge in [0, 0.05) is 26.2 Å². The third-order valence-electron chi connectivity index (χ3n) is 4.11. The van der Waals surface area contributed by atoms with E-state index in [2.05, 4.69) is 9.64 Å². The molecule has 1 fully saturated rings. The van der Waals surface area contributed by atoms with Crippen molar-refractivity contribution in [3.63, 3.8) is 0 Å². The number of methoxy groups -OCH3 is 1. The molecule has 0 aromatic carbocycles. The van der Waals surface area contributed by atoms with Gasteiger partial charge in [0.25, 0.3) is 5.91 Å². The largest absolute Gasteiger partial charge is 0.463 e. The van der Waals surface area contributed by atoms with E-state index < -0.39 is 5.97 Å². The summed E-state index contributed by atoms with van der Waals surface area (Å²) in [6.45, 7) is 3.53. The lowest BCUT2D eigenvalue weighted by atomic mass is 10.3. The van der Waals surface area contributed by atoms with Crippen LogP contribution in [0, 0.1) is 0 Å². The van der Waals surface area contributed by atoms with Gasteiger partial charge >= 0.3 is 5.97 Å². The molecule has 2 aromatic heterocycles. The van der Waals surface area contributed by atoms with E-state index in [-0.39, 0.29) is 11.7 Å². The summed E-state index contributed by atoms with van der Waals surface area (Å²) in [5.41, 5.74) is 0. The Morgan fingerprint density at radius 2 is 2.08 bits per heavy atom. The highest BCUT2D eigenvalue weighted by atomic mass is 35.5. The minimum atomic E-state index is -0.480. The predicted octanol–water partition coefficient (Wildman–Crippen LogP) is 3.13. The minimum absolute atomic E-state index is 0.00664. The average Bonchev–Trinajstić information content (AvgIpc) is 3.18. The predicted molar refractivity (Wildman–Crippen MR) is 95.2 cm³/mol. The molecule has 134 valence electrons. The number of rotatable bonds is 4. The first kappa shape index (κ1) is 18.0. The van der Waals surface area contributed by atoms with E-state index in [9.17, 15) is 9.59 Å². The van der Waals surface area contributed by atoms with E-state index >= 15 is 0 Å². The summed E-state index contributed by atoms with van der Waals surface area (Å²) < 4.78 is 10.2. The highest BCUT2D eigenvalue weighted by Gasteiger charge is 2.23. The molecule has 2 aromatic rings. The molecule has 1 saturated heterocycles. The summed E-state index contributed by atoms with van der Waals surface area (Å²) >= 11 is 7.45. The number of ether oxygens (including phenoxy) is 1. The molecule has 0 radical (unpaired) electrons. The van der Waals surface area contributed by atoms with Crippen LogP contribution in [0.2, 0.25) is 5.02 Å². The maximum absolute atomic E-state index is 12.6. The lowest BCUT2D eigenvalue weighted by molar-refractivity contribution is 0.0560. The zero-order valence-corrected chi connectivity index (χ0v) is 15.4. The molecule has 1 aliphatic rings. The third kappa shape index (κ3) is 4.23. The van der Waals surface area contributed by atoms with Crippen molar-refractivity contribution in [1.82, 2.24) is 9.80 Å². The van der Waals surface area contributed by atoms with Crippen molar-refractivity contribution in [3.05, 3.63) is 45.0 Å². The second kappa shape index (κ2) is 8.03. The molecule has 3 heterocycles. The molecule has 0 N–H and O–H groups in total. The van der Waals surface area contributed by atoms with Gasteiger partial charge in [0.1, 0.15) is 10.6 Å². The monoisotopic (exact) mass is 382 g/mol. The van der Waals surface area contributed by atoms with Gasteiger partial charge in [-0.3, -0.25) is 9.69 Å². The lowest BCUT2D eigenvalue weighted by Gasteiger charge is -2.21. The van der Waals surface area contributed by atoms with Gasteiger partial charge in [-0.25, -0.2) is 4.79 Å². The van der Waals surface area contributed by atoms with Crippen molar-refractivity contribution < 1.29 is 18.7 Å². The maximum atomic E-state index is 12.6. The molecule has 0 saturated carbocycles. The Morgan fingerprint density at radius 3 is 2.80 bits per heavy atom. The Kier molecular flexibility index (Phi) is 5.78. The molecule has 0 bridgehead atoms. The number of furan rings is 1. The van der Waals surface area contributed by atoms with Crippen LogP contribution >= 0.6 is 22.9 Å². The normalized spacial score (nSPS) is 15.8. The van der Waals surface area contributed by atoms with Gasteiger partial charge in [0.2, 0.25) is 5.76 Å². The summed E-state index contributed by atoms with van der Waals surface area (Å²) in [5, 5.41) is 2.34. The van der Waals surface area contributed by atoms with E-state index in [1.54, 1.807) is 18.2 Å². The first-order valence-electron chi connectivity index (χ1n) is 8.00. The van der Waals surface area contributed by atoms with E-state index in [4.69, 9.17) is 16.0 Å². The van der Waals surface area contributed by atoms with Crippen molar-refractivity contribution >= 4 is 34.8 Å². The van der Waals surface area contributed by atoms with Gasteiger partial charge in [-0.15, -0.1) is 11.3 Å². The molecule has 1 amide bonds. The van der Waals surface area contributed by atoms with Crippen LogP contribution < -0.4 is 0 Å². The zero-order chi connectivity index (χ0) is 17.8.